The fraction of sp³-hybridized carbons (Fsp3) is 0.136. The number of nitrogens with one attached hydrogen (secondary N) is 1. The van der Waals surface area contributed by atoms with Gasteiger partial charge in [0, 0.05) is 5.39 Å². The van der Waals surface area contributed by atoms with Crippen LogP contribution in [0.15, 0.2) is 66.9 Å². The number of nitrogens with zero attached hydrogens (tertiary/aromatic N) is 3. The highest BCUT2D eigenvalue weighted by atomic mass is 16.5. The lowest BCUT2D eigenvalue weighted by molar-refractivity contribution is -0.115. The fourth-order valence-electron chi connectivity index (χ4n) is 3.10. The number of benzene rings is 2. The topological polar surface area (TPSA) is 69.0 Å². The SMILES string of the molecule is COc1ccc(CC(=O)Nc2cnc3c(c2)c(C)nn3-c2ccccc2)cc1. The maximum Gasteiger partial charge on any atom is 0.228 e. The Bertz CT molecular complexity index is 1120. The summed E-state index contributed by atoms with van der Waals surface area (Å²) in [5.41, 5.74) is 4.14. The van der Waals surface area contributed by atoms with Gasteiger partial charge < -0.3 is 10.1 Å². The van der Waals surface area contributed by atoms with Crippen molar-refractivity contribution in [3.63, 3.8) is 0 Å². The van der Waals surface area contributed by atoms with Crippen LogP contribution in [-0.2, 0) is 11.2 Å². The summed E-state index contributed by atoms with van der Waals surface area (Å²) in [4.78, 5) is 16.9. The highest BCUT2D eigenvalue weighted by molar-refractivity contribution is 5.94. The quantitative estimate of drug-likeness (QED) is 0.576. The lowest BCUT2D eigenvalue weighted by atomic mass is 10.1. The van der Waals surface area contributed by atoms with Crippen LogP contribution in [0.5, 0.6) is 5.75 Å². The molecule has 6 nitrogen and oxygen atoms in total. The highest BCUT2D eigenvalue weighted by Crippen LogP contribution is 2.23. The first-order valence-electron chi connectivity index (χ1n) is 8.97. The van der Waals surface area contributed by atoms with Crippen LogP contribution in [0.4, 0.5) is 5.69 Å². The molecule has 140 valence electrons. The third-order valence-corrected chi connectivity index (χ3v) is 4.52. The predicted molar refractivity (Wildman–Crippen MR) is 109 cm³/mol. The minimum Gasteiger partial charge on any atom is -0.497 e. The Balaban J connectivity index is 1.54. The zero-order valence-electron chi connectivity index (χ0n) is 15.7. The van der Waals surface area contributed by atoms with Crippen LogP contribution in [0.2, 0.25) is 0 Å². The molecule has 1 N–H and O–H groups in total. The molecular formula is C22H20N4O2. The van der Waals surface area contributed by atoms with Crippen LogP contribution in [0.1, 0.15) is 11.3 Å². The zero-order chi connectivity index (χ0) is 19.5. The Morgan fingerprint density at radius 2 is 1.86 bits per heavy atom. The second-order valence-corrected chi connectivity index (χ2v) is 6.50. The molecule has 0 saturated carbocycles. The van der Waals surface area contributed by atoms with Gasteiger partial charge in [0.2, 0.25) is 5.91 Å². The Hall–Kier alpha value is -3.67. The van der Waals surface area contributed by atoms with Crippen LogP contribution in [0, 0.1) is 6.92 Å². The van der Waals surface area contributed by atoms with E-state index >= 15 is 0 Å². The predicted octanol–water partition coefficient (Wildman–Crippen LogP) is 3.92. The Morgan fingerprint density at radius 1 is 1.11 bits per heavy atom. The molecule has 0 unspecified atom stereocenters. The summed E-state index contributed by atoms with van der Waals surface area (Å²) in [5, 5.41) is 8.42. The highest BCUT2D eigenvalue weighted by Gasteiger charge is 2.12. The number of aromatic nitrogens is 3. The maximum atomic E-state index is 12.4. The van der Waals surface area contributed by atoms with Crippen LogP contribution < -0.4 is 10.1 Å². The third kappa shape index (κ3) is 3.57. The first-order chi connectivity index (χ1) is 13.6. The van der Waals surface area contributed by atoms with Gasteiger partial charge in [0.05, 0.1) is 36.8 Å². The van der Waals surface area contributed by atoms with Crippen LogP contribution in [0.25, 0.3) is 16.7 Å². The number of aryl methyl sites for hydroxylation is 1. The van der Waals surface area contributed by atoms with Crippen molar-refractivity contribution in [1.82, 2.24) is 14.8 Å². The molecule has 0 aliphatic heterocycles. The van der Waals surface area contributed by atoms with E-state index in [1.54, 1.807) is 13.3 Å². The van der Waals surface area contributed by atoms with E-state index in [9.17, 15) is 4.79 Å². The molecule has 0 fully saturated rings. The molecule has 2 aromatic carbocycles. The molecule has 6 heteroatoms. The number of hydrogen-bond acceptors (Lipinski definition) is 4. The van der Waals surface area contributed by atoms with Crippen molar-refractivity contribution in [2.75, 3.05) is 12.4 Å². The van der Waals surface area contributed by atoms with Gasteiger partial charge in [-0.1, -0.05) is 30.3 Å². The molecule has 0 atom stereocenters. The smallest absolute Gasteiger partial charge is 0.228 e. The molecule has 2 heterocycles. The number of pyridine rings is 1. The largest absolute Gasteiger partial charge is 0.497 e. The molecule has 28 heavy (non-hydrogen) atoms. The van der Waals surface area contributed by atoms with Gasteiger partial charge in [0.15, 0.2) is 5.65 Å². The molecule has 0 aliphatic carbocycles. The van der Waals surface area contributed by atoms with Crippen molar-refractivity contribution in [3.05, 3.63) is 78.1 Å². The standard InChI is InChI=1S/C22H20N4O2/c1-15-20-13-17(24-21(27)12-16-8-10-19(28-2)11-9-16)14-23-22(20)26(25-15)18-6-4-3-5-7-18/h3-11,13-14H,12H2,1-2H3,(H,24,27). The number of fused-ring (bicyclic) bond motifs is 1. The molecule has 0 aliphatic rings. The van der Waals surface area contributed by atoms with Gasteiger partial charge in [-0.15, -0.1) is 0 Å². The van der Waals surface area contributed by atoms with Gasteiger partial charge in [-0.3, -0.25) is 4.79 Å². The van der Waals surface area contributed by atoms with E-state index in [1.165, 1.54) is 0 Å². The van der Waals surface area contributed by atoms with Gasteiger partial charge in [-0.25, -0.2) is 9.67 Å². The van der Waals surface area contributed by atoms with Crippen LogP contribution in [0.3, 0.4) is 0 Å². The summed E-state index contributed by atoms with van der Waals surface area (Å²) in [6, 6.07) is 19.2. The number of amides is 1. The molecule has 0 bridgehead atoms. The Labute approximate surface area is 162 Å². The summed E-state index contributed by atoms with van der Waals surface area (Å²) >= 11 is 0. The zero-order valence-corrected chi connectivity index (χ0v) is 15.7. The van der Waals surface area contributed by atoms with Crippen molar-refractivity contribution in [2.24, 2.45) is 0 Å². The third-order valence-electron chi connectivity index (χ3n) is 4.52. The first-order valence-corrected chi connectivity index (χ1v) is 8.97. The molecule has 4 rings (SSSR count). The van der Waals surface area contributed by atoms with Crippen molar-refractivity contribution >= 4 is 22.6 Å². The number of carbonyl (C=O) groups excluding carboxylic acids is 1. The summed E-state index contributed by atoms with van der Waals surface area (Å²) in [6.45, 7) is 1.94. The van der Waals surface area contributed by atoms with Crippen molar-refractivity contribution in [3.8, 4) is 11.4 Å². The second-order valence-electron chi connectivity index (χ2n) is 6.50. The minimum absolute atomic E-state index is 0.0978. The molecular weight excluding hydrogens is 352 g/mol. The minimum atomic E-state index is -0.0978. The molecule has 0 radical (unpaired) electrons. The van der Waals surface area contributed by atoms with Crippen molar-refractivity contribution < 1.29 is 9.53 Å². The first kappa shape index (κ1) is 17.7. The lowest BCUT2D eigenvalue weighted by Crippen LogP contribution is -2.14. The van der Waals surface area contributed by atoms with E-state index in [1.807, 2.05) is 72.3 Å². The van der Waals surface area contributed by atoms with Gasteiger partial charge in [-0.2, -0.15) is 5.10 Å². The normalized spacial score (nSPS) is 10.8. The van der Waals surface area contributed by atoms with E-state index in [0.29, 0.717) is 5.69 Å². The van der Waals surface area contributed by atoms with E-state index in [4.69, 9.17) is 4.74 Å². The van der Waals surface area contributed by atoms with E-state index in [0.717, 1.165) is 33.7 Å². The Morgan fingerprint density at radius 3 is 2.57 bits per heavy atom. The number of rotatable bonds is 5. The van der Waals surface area contributed by atoms with E-state index in [-0.39, 0.29) is 12.3 Å². The summed E-state index contributed by atoms with van der Waals surface area (Å²) in [6.07, 6.45) is 1.94. The Kier molecular flexibility index (Phi) is 4.76. The van der Waals surface area contributed by atoms with Crippen molar-refractivity contribution in [2.45, 2.75) is 13.3 Å². The average molecular weight is 372 g/mol. The number of anilines is 1. The number of ether oxygens (including phenoxy) is 1. The average Bonchev–Trinajstić information content (AvgIpc) is 3.05. The molecule has 0 saturated heterocycles. The van der Waals surface area contributed by atoms with E-state index in [2.05, 4.69) is 15.4 Å². The van der Waals surface area contributed by atoms with Gasteiger partial charge in [-0.05, 0) is 42.8 Å². The summed E-state index contributed by atoms with van der Waals surface area (Å²) < 4.78 is 6.95. The fourth-order valence-corrected chi connectivity index (χ4v) is 3.10. The molecule has 2 aromatic heterocycles. The second kappa shape index (κ2) is 7.52. The lowest BCUT2D eigenvalue weighted by Gasteiger charge is -2.07. The van der Waals surface area contributed by atoms with Gasteiger partial charge >= 0.3 is 0 Å². The number of para-hydroxylation sites is 1. The van der Waals surface area contributed by atoms with Crippen LogP contribution in [-0.4, -0.2) is 27.8 Å². The van der Waals surface area contributed by atoms with Gasteiger partial charge in [0.1, 0.15) is 5.75 Å². The monoisotopic (exact) mass is 372 g/mol. The number of carbonyl (C=O) groups is 1. The molecule has 0 spiro atoms. The van der Waals surface area contributed by atoms with Crippen LogP contribution >= 0.6 is 0 Å². The maximum absolute atomic E-state index is 12.4. The molecule has 4 aromatic rings. The van der Waals surface area contributed by atoms with E-state index < -0.39 is 0 Å². The van der Waals surface area contributed by atoms with Crippen molar-refractivity contribution in [1.29, 1.82) is 0 Å². The van der Waals surface area contributed by atoms with Gasteiger partial charge in [0.25, 0.3) is 0 Å². The summed E-state index contributed by atoms with van der Waals surface area (Å²) in [7, 11) is 1.62. The summed E-state index contributed by atoms with van der Waals surface area (Å²) in [5.74, 6) is 0.670. The number of methoxy groups -OCH3 is 1. The molecule has 1 amide bonds. The number of hydrogen-bond donors (Lipinski definition) is 1.